The molecule has 8 heteroatoms. The summed E-state index contributed by atoms with van der Waals surface area (Å²) in [6.45, 7) is 6.72. The molecule has 4 rings (SSSR count). The van der Waals surface area contributed by atoms with Gasteiger partial charge in [0.05, 0.1) is 18.4 Å². The fraction of sp³-hybridized carbons (Fsp3) is 0.231. The van der Waals surface area contributed by atoms with Crippen molar-refractivity contribution in [3.63, 3.8) is 0 Å². The summed E-state index contributed by atoms with van der Waals surface area (Å²) in [6, 6.07) is 13.3. The average Bonchev–Trinajstić information content (AvgIpc) is 3.45. The van der Waals surface area contributed by atoms with Crippen molar-refractivity contribution in [3.8, 4) is 5.75 Å². The molecule has 2 heterocycles. The number of rotatable bonds is 8. The molecule has 0 saturated carbocycles. The predicted octanol–water partition coefficient (Wildman–Crippen LogP) is 6.58. The van der Waals surface area contributed by atoms with Gasteiger partial charge in [0.25, 0.3) is 5.91 Å². The quantitative estimate of drug-likeness (QED) is 0.308. The average molecular weight is 482 g/mol. The number of hydrogen-bond acceptors (Lipinski definition) is 4. The van der Waals surface area contributed by atoms with Crippen LogP contribution in [0.15, 0.2) is 65.3 Å². The Kier molecular flexibility index (Phi) is 7.03. The van der Waals surface area contributed by atoms with E-state index in [-0.39, 0.29) is 24.1 Å². The molecule has 0 unspecified atom stereocenters. The number of furan rings is 1. The van der Waals surface area contributed by atoms with Crippen molar-refractivity contribution < 1.29 is 18.3 Å². The van der Waals surface area contributed by atoms with Gasteiger partial charge in [-0.3, -0.25) is 9.48 Å². The first kappa shape index (κ1) is 23.6. The second-order valence-electron chi connectivity index (χ2n) is 8.36. The third kappa shape index (κ3) is 5.66. The van der Waals surface area contributed by atoms with Crippen molar-refractivity contribution >= 4 is 23.2 Å². The number of hydrogen-bond donors (Lipinski definition) is 1. The third-order valence-electron chi connectivity index (χ3n) is 5.32. The number of aryl methyl sites for hydroxylation is 1. The van der Waals surface area contributed by atoms with Gasteiger partial charge in [0.2, 0.25) is 0 Å². The van der Waals surface area contributed by atoms with Gasteiger partial charge in [-0.2, -0.15) is 5.10 Å². The van der Waals surface area contributed by atoms with Gasteiger partial charge in [-0.05, 0) is 65.9 Å². The van der Waals surface area contributed by atoms with Gasteiger partial charge in [0.15, 0.2) is 5.76 Å². The molecule has 34 heavy (non-hydrogen) atoms. The third-order valence-corrected chi connectivity index (χ3v) is 5.72. The summed E-state index contributed by atoms with van der Waals surface area (Å²) >= 11 is 6.26. The number of anilines is 1. The van der Waals surface area contributed by atoms with Crippen LogP contribution in [-0.4, -0.2) is 15.7 Å². The number of carbonyl (C=O) groups is 1. The normalized spacial score (nSPS) is 11.1. The van der Waals surface area contributed by atoms with E-state index in [0.717, 1.165) is 22.4 Å². The molecular weight excluding hydrogens is 457 g/mol. The highest BCUT2D eigenvalue weighted by molar-refractivity contribution is 6.31. The van der Waals surface area contributed by atoms with Crippen molar-refractivity contribution in [1.82, 2.24) is 9.78 Å². The standard InChI is InChI=1S/C26H25ClFN3O3/c1-16(2)22-11-23(27)17(3)10-25(22)33-15-21-8-9-24(34-21)26(32)30-20-12-29-31(14-20)13-18-4-6-19(28)7-5-18/h4-12,14,16H,13,15H2,1-3H3,(H,30,32). The van der Waals surface area contributed by atoms with E-state index in [1.165, 1.54) is 12.1 Å². The molecule has 0 radical (unpaired) electrons. The van der Waals surface area contributed by atoms with Crippen molar-refractivity contribution in [2.45, 2.75) is 39.8 Å². The molecule has 0 bridgehead atoms. The van der Waals surface area contributed by atoms with E-state index in [0.29, 0.717) is 23.0 Å². The van der Waals surface area contributed by atoms with Crippen molar-refractivity contribution in [2.24, 2.45) is 0 Å². The Morgan fingerprint density at radius 1 is 1.21 bits per heavy atom. The minimum atomic E-state index is -0.391. The van der Waals surface area contributed by atoms with Crippen molar-refractivity contribution in [3.05, 3.63) is 100.0 Å². The van der Waals surface area contributed by atoms with Crippen LogP contribution in [0.4, 0.5) is 10.1 Å². The number of amides is 1. The predicted molar refractivity (Wildman–Crippen MR) is 129 cm³/mol. The number of halogens is 2. The van der Waals surface area contributed by atoms with Gasteiger partial charge in [0, 0.05) is 11.2 Å². The van der Waals surface area contributed by atoms with Crippen LogP contribution in [0.3, 0.4) is 0 Å². The van der Waals surface area contributed by atoms with Gasteiger partial charge in [-0.25, -0.2) is 4.39 Å². The fourth-order valence-corrected chi connectivity index (χ4v) is 3.63. The number of ether oxygens (including phenoxy) is 1. The van der Waals surface area contributed by atoms with Gasteiger partial charge in [-0.15, -0.1) is 0 Å². The highest BCUT2D eigenvalue weighted by atomic mass is 35.5. The largest absolute Gasteiger partial charge is 0.485 e. The minimum Gasteiger partial charge on any atom is -0.485 e. The van der Waals surface area contributed by atoms with Gasteiger partial charge in [-0.1, -0.05) is 37.6 Å². The van der Waals surface area contributed by atoms with Crippen LogP contribution >= 0.6 is 11.6 Å². The number of nitrogens with one attached hydrogen (secondary N) is 1. The Morgan fingerprint density at radius 3 is 2.71 bits per heavy atom. The first-order valence-electron chi connectivity index (χ1n) is 10.9. The lowest BCUT2D eigenvalue weighted by atomic mass is 10.0. The molecule has 176 valence electrons. The van der Waals surface area contributed by atoms with E-state index in [2.05, 4.69) is 24.3 Å². The Labute approximate surface area is 202 Å². The number of carbonyl (C=O) groups excluding carboxylic acids is 1. The minimum absolute atomic E-state index is 0.168. The second-order valence-corrected chi connectivity index (χ2v) is 8.76. The number of benzene rings is 2. The molecule has 0 fully saturated rings. The Bertz CT molecular complexity index is 1300. The molecule has 0 aliphatic rings. The lowest BCUT2D eigenvalue weighted by molar-refractivity contribution is 0.0992. The summed E-state index contributed by atoms with van der Waals surface area (Å²) in [5, 5.41) is 7.70. The maximum absolute atomic E-state index is 13.1. The highest BCUT2D eigenvalue weighted by Crippen LogP contribution is 2.32. The van der Waals surface area contributed by atoms with Gasteiger partial charge in [0.1, 0.15) is 23.9 Å². The van der Waals surface area contributed by atoms with E-state index in [4.69, 9.17) is 20.8 Å². The van der Waals surface area contributed by atoms with Crippen LogP contribution in [-0.2, 0) is 13.2 Å². The molecule has 2 aromatic heterocycles. The molecule has 0 atom stereocenters. The zero-order valence-electron chi connectivity index (χ0n) is 19.1. The summed E-state index contributed by atoms with van der Waals surface area (Å²) < 4.78 is 26.4. The SMILES string of the molecule is Cc1cc(OCc2ccc(C(=O)Nc3cnn(Cc4ccc(F)cc4)c3)o2)c(C(C)C)cc1Cl. The fourth-order valence-electron chi connectivity index (χ4n) is 3.46. The molecule has 0 spiro atoms. The molecule has 6 nitrogen and oxygen atoms in total. The van der Waals surface area contributed by atoms with Gasteiger partial charge >= 0.3 is 0 Å². The summed E-state index contributed by atoms with van der Waals surface area (Å²) in [7, 11) is 0. The molecular formula is C26H25ClFN3O3. The summed E-state index contributed by atoms with van der Waals surface area (Å²) in [6.07, 6.45) is 3.25. The first-order chi connectivity index (χ1) is 16.3. The lowest BCUT2D eigenvalue weighted by Crippen LogP contribution is -2.10. The maximum atomic E-state index is 13.1. The van der Waals surface area contributed by atoms with Crippen LogP contribution in [0.25, 0.3) is 0 Å². The molecule has 2 aromatic carbocycles. The maximum Gasteiger partial charge on any atom is 0.291 e. The number of aromatic nitrogens is 2. The zero-order chi connectivity index (χ0) is 24.2. The van der Waals surface area contributed by atoms with Crippen LogP contribution in [0, 0.1) is 12.7 Å². The monoisotopic (exact) mass is 481 g/mol. The van der Waals surface area contributed by atoms with Crippen LogP contribution in [0.2, 0.25) is 5.02 Å². The molecule has 0 aliphatic carbocycles. The molecule has 1 N–H and O–H groups in total. The van der Waals surface area contributed by atoms with E-state index in [1.807, 2.05) is 19.1 Å². The lowest BCUT2D eigenvalue weighted by Gasteiger charge is -2.15. The van der Waals surface area contributed by atoms with Crippen molar-refractivity contribution in [2.75, 3.05) is 5.32 Å². The van der Waals surface area contributed by atoms with Crippen LogP contribution < -0.4 is 10.1 Å². The van der Waals surface area contributed by atoms with Gasteiger partial charge < -0.3 is 14.5 Å². The molecule has 0 aliphatic heterocycles. The van der Waals surface area contributed by atoms with E-state index >= 15 is 0 Å². The van der Waals surface area contributed by atoms with E-state index < -0.39 is 5.91 Å². The molecule has 0 saturated heterocycles. The zero-order valence-corrected chi connectivity index (χ0v) is 19.9. The van der Waals surface area contributed by atoms with E-state index in [1.54, 1.807) is 41.3 Å². The molecule has 1 amide bonds. The molecule has 4 aromatic rings. The Balaban J connectivity index is 1.36. The van der Waals surface area contributed by atoms with Crippen molar-refractivity contribution in [1.29, 1.82) is 0 Å². The van der Waals surface area contributed by atoms with E-state index in [9.17, 15) is 9.18 Å². The summed E-state index contributed by atoms with van der Waals surface area (Å²) in [5.41, 5.74) is 3.37. The summed E-state index contributed by atoms with van der Waals surface area (Å²) in [4.78, 5) is 12.6. The Morgan fingerprint density at radius 2 is 1.97 bits per heavy atom. The Hall–Kier alpha value is -3.58. The van der Waals surface area contributed by atoms with Crippen LogP contribution in [0.1, 0.15) is 52.8 Å². The van der Waals surface area contributed by atoms with Crippen LogP contribution in [0.5, 0.6) is 5.75 Å². The smallest absolute Gasteiger partial charge is 0.291 e. The number of nitrogens with zero attached hydrogens (tertiary/aromatic N) is 2. The highest BCUT2D eigenvalue weighted by Gasteiger charge is 2.15. The summed E-state index contributed by atoms with van der Waals surface area (Å²) in [5.74, 6) is 1.01. The first-order valence-corrected chi connectivity index (χ1v) is 11.3. The topological polar surface area (TPSA) is 69.3 Å². The second kappa shape index (κ2) is 10.1.